The lowest BCUT2D eigenvalue weighted by Crippen LogP contribution is -2.19. The number of nitrogens with zero attached hydrogens (tertiary/aromatic N) is 1. The summed E-state index contributed by atoms with van der Waals surface area (Å²) in [5, 5.41) is 6.09. The second-order valence-corrected chi connectivity index (χ2v) is 10.4. The van der Waals surface area contributed by atoms with Gasteiger partial charge in [0, 0.05) is 15.1 Å². The van der Waals surface area contributed by atoms with E-state index in [9.17, 15) is 4.79 Å². The molecule has 0 atom stereocenters. The molecular formula is C28H20BrClN2O2S. The average Bonchev–Trinajstić information content (AvgIpc) is 3.20. The maximum Gasteiger partial charge on any atom is 0.264 e. The maximum absolute atomic E-state index is 12.8. The molecule has 4 aromatic rings. The number of nitrogens with one attached hydrogen (secondary N) is 1. The van der Waals surface area contributed by atoms with Gasteiger partial charge in [0.25, 0.3) is 5.91 Å². The first-order valence-corrected chi connectivity index (χ1v) is 12.9. The second kappa shape index (κ2) is 10.3. The molecule has 1 fully saturated rings. The van der Waals surface area contributed by atoms with Crippen LogP contribution in [0.2, 0.25) is 5.02 Å². The van der Waals surface area contributed by atoms with Crippen LogP contribution in [0.15, 0.2) is 93.2 Å². The van der Waals surface area contributed by atoms with E-state index in [1.54, 1.807) is 6.07 Å². The van der Waals surface area contributed by atoms with Crippen LogP contribution in [0, 0.1) is 6.92 Å². The fraction of sp³-hybridized carbons (Fsp3) is 0.0714. The van der Waals surface area contributed by atoms with Gasteiger partial charge in [-0.3, -0.25) is 4.79 Å². The number of fused-ring (bicyclic) bond motifs is 1. The van der Waals surface area contributed by atoms with Crippen LogP contribution in [-0.4, -0.2) is 11.1 Å². The summed E-state index contributed by atoms with van der Waals surface area (Å²) in [6.07, 6.45) is 1.88. The molecule has 1 saturated heterocycles. The second-order valence-electron chi connectivity index (χ2n) is 8.03. The van der Waals surface area contributed by atoms with E-state index >= 15 is 0 Å². The smallest absolute Gasteiger partial charge is 0.264 e. The Hall–Kier alpha value is -3.06. The zero-order valence-corrected chi connectivity index (χ0v) is 21.9. The van der Waals surface area contributed by atoms with E-state index < -0.39 is 0 Å². The first-order valence-electron chi connectivity index (χ1n) is 10.9. The largest absolute Gasteiger partial charge is 0.488 e. The number of benzene rings is 4. The van der Waals surface area contributed by atoms with E-state index in [1.165, 1.54) is 11.8 Å². The lowest BCUT2D eigenvalue weighted by Gasteiger charge is -2.13. The Morgan fingerprint density at radius 3 is 2.66 bits per heavy atom. The van der Waals surface area contributed by atoms with Gasteiger partial charge in [-0.1, -0.05) is 76.1 Å². The number of aryl methyl sites for hydroxylation is 1. The molecule has 0 aliphatic carbocycles. The number of thioether (sulfide) groups is 1. The molecule has 7 heteroatoms. The van der Waals surface area contributed by atoms with Crippen molar-refractivity contribution >= 4 is 72.9 Å². The van der Waals surface area contributed by atoms with Crippen molar-refractivity contribution in [3.05, 3.63) is 110 Å². The Bertz CT molecular complexity index is 1500. The van der Waals surface area contributed by atoms with E-state index in [4.69, 9.17) is 16.3 Å². The molecule has 1 aliphatic heterocycles. The molecule has 1 heterocycles. The van der Waals surface area contributed by atoms with Crippen molar-refractivity contribution < 1.29 is 9.53 Å². The first-order chi connectivity index (χ1) is 17.0. The van der Waals surface area contributed by atoms with Gasteiger partial charge in [-0.2, -0.15) is 0 Å². The van der Waals surface area contributed by atoms with Crippen molar-refractivity contribution in [2.45, 2.75) is 13.5 Å². The summed E-state index contributed by atoms with van der Waals surface area (Å²) < 4.78 is 7.24. The Balaban J connectivity index is 1.48. The number of carbonyl (C=O) groups is 1. The molecule has 0 unspecified atom stereocenters. The highest BCUT2D eigenvalue weighted by molar-refractivity contribution is 9.10. The van der Waals surface area contributed by atoms with Gasteiger partial charge in [-0.05, 0) is 77.0 Å². The molecule has 0 saturated carbocycles. The standard InChI is InChI=1S/C28H20BrClN2O2S/c1-17-6-12-21(14-24(17)30)31-28-32-27(33)26(35-28)15-23-22-5-3-2-4-19(22)9-13-25(23)34-16-18-7-10-20(29)11-8-18/h2-15H,16H2,1H3,(H,31,32,33)/b26-15-. The van der Waals surface area contributed by atoms with Crippen LogP contribution in [-0.2, 0) is 11.4 Å². The molecule has 0 aromatic heterocycles. The van der Waals surface area contributed by atoms with Crippen LogP contribution >= 0.6 is 39.3 Å². The number of carbonyl (C=O) groups excluding carboxylic acids is 1. The van der Waals surface area contributed by atoms with Crippen LogP contribution in [0.1, 0.15) is 16.7 Å². The lowest BCUT2D eigenvalue weighted by molar-refractivity contribution is -0.115. The maximum atomic E-state index is 12.8. The van der Waals surface area contributed by atoms with Crippen molar-refractivity contribution in [1.29, 1.82) is 0 Å². The molecule has 1 aliphatic rings. The fourth-order valence-electron chi connectivity index (χ4n) is 3.67. The summed E-state index contributed by atoms with van der Waals surface area (Å²) >= 11 is 11.0. The number of amides is 1. The van der Waals surface area contributed by atoms with E-state index in [0.717, 1.165) is 31.9 Å². The highest BCUT2D eigenvalue weighted by Gasteiger charge is 2.25. The number of ether oxygens (including phenoxy) is 1. The van der Waals surface area contributed by atoms with E-state index in [0.29, 0.717) is 33.1 Å². The monoisotopic (exact) mass is 562 g/mol. The topological polar surface area (TPSA) is 50.7 Å². The number of hydrogen-bond donors (Lipinski definition) is 1. The van der Waals surface area contributed by atoms with Gasteiger partial charge >= 0.3 is 0 Å². The van der Waals surface area contributed by atoms with Crippen molar-refractivity contribution in [3.63, 3.8) is 0 Å². The van der Waals surface area contributed by atoms with Gasteiger partial charge in [0.05, 0.1) is 10.6 Å². The molecule has 0 bridgehead atoms. The van der Waals surface area contributed by atoms with E-state index in [-0.39, 0.29) is 5.91 Å². The predicted octanol–water partition coefficient (Wildman–Crippen LogP) is 8.03. The number of aliphatic imine (C=N–C) groups is 1. The van der Waals surface area contributed by atoms with E-state index in [2.05, 4.69) is 26.2 Å². The van der Waals surface area contributed by atoms with Crippen molar-refractivity contribution in [2.75, 3.05) is 0 Å². The summed E-state index contributed by atoms with van der Waals surface area (Å²) in [5.41, 5.74) is 3.58. The minimum absolute atomic E-state index is 0.196. The first kappa shape index (κ1) is 23.7. The summed E-state index contributed by atoms with van der Waals surface area (Å²) in [6, 6.07) is 25.6. The van der Waals surface area contributed by atoms with Crippen LogP contribution in [0.4, 0.5) is 5.69 Å². The summed E-state index contributed by atoms with van der Waals surface area (Å²) in [4.78, 5) is 17.9. The molecule has 35 heavy (non-hydrogen) atoms. The fourth-order valence-corrected chi connectivity index (χ4v) is 4.93. The number of amidine groups is 1. The van der Waals surface area contributed by atoms with Gasteiger partial charge in [-0.15, -0.1) is 0 Å². The Morgan fingerprint density at radius 1 is 1.06 bits per heavy atom. The van der Waals surface area contributed by atoms with Gasteiger partial charge < -0.3 is 10.1 Å². The Kier molecular flexibility index (Phi) is 6.95. The normalized spacial score (nSPS) is 15.7. The summed E-state index contributed by atoms with van der Waals surface area (Å²) in [7, 11) is 0. The minimum Gasteiger partial charge on any atom is -0.488 e. The van der Waals surface area contributed by atoms with Crippen LogP contribution in [0.5, 0.6) is 5.75 Å². The molecule has 174 valence electrons. The Morgan fingerprint density at radius 2 is 1.86 bits per heavy atom. The van der Waals surface area contributed by atoms with Crippen LogP contribution < -0.4 is 10.1 Å². The third-order valence-electron chi connectivity index (χ3n) is 5.55. The highest BCUT2D eigenvalue weighted by Crippen LogP contribution is 2.35. The quantitative estimate of drug-likeness (QED) is 0.250. The van der Waals surface area contributed by atoms with Crippen LogP contribution in [0.25, 0.3) is 16.8 Å². The minimum atomic E-state index is -0.196. The number of rotatable bonds is 5. The lowest BCUT2D eigenvalue weighted by atomic mass is 10.0. The summed E-state index contributed by atoms with van der Waals surface area (Å²) in [6.45, 7) is 2.36. The third kappa shape index (κ3) is 5.45. The number of hydrogen-bond acceptors (Lipinski definition) is 4. The van der Waals surface area contributed by atoms with Gasteiger partial charge in [0.15, 0.2) is 5.17 Å². The molecule has 1 amide bonds. The molecule has 4 nitrogen and oxygen atoms in total. The molecule has 4 aromatic carbocycles. The van der Waals surface area contributed by atoms with Crippen molar-refractivity contribution in [3.8, 4) is 5.75 Å². The zero-order chi connectivity index (χ0) is 24.4. The predicted molar refractivity (Wildman–Crippen MR) is 149 cm³/mol. The summed E-state index contributed by atoms with van der Waals surface area (Å²) in [5.74, 6) is 0.516. The van der Waals surface area contributed by atoms with Crippen molar-refractivity contribution in [2.24, 2.45) is 4.99 Å². The SMILES string of the molecule is Cc1ccc(N=C2NC(=O)/C(=C/c3c(OCc4ccc(Br)cc4)ccc4ccccc34)S2)cc1Cl. The zero-order valence-electron chi connectivity index (χ0n) is 18.7. The molecule has 1 N–H and O–H groups in total. The third-order valence-corrected chi connectivity index (χ3v) is 7.40. The highest BCUT2D eigenvalue weighted by atomic mass is 79.9. The molecule has 5 rings (SSSR count). The van der Waals surface area contributed by atoms with Gasteiger partial charge in [0.2, 0.25) is 0 Å². The molecule has 0 spiro atoms. The van der Waals surface area contributed by atoms with E-state index in [1.807, 2.05) is 85.8 Å². The van der Waals surface area contributed by atoms with Gasteiger partial charge in [0.1, 0.15) is 12.4 Å². The number of halogens is 2. The van der Waals surface area contributed by atoms with Crippen LogP contribution in [0.3, 0.4) is 0 Å². The van der Waals surface area contributed by atoms with Gasteiger partial charge in [-0.25, -0.2) is 4.99 Å². The van der Waals surface area contributed by atoms with Crippen molar-refractivity contribution in [1.82, 2.24) is 5.32 Å². The molecular weight excluding hydrogens is 544 g/mol. The molecule has 0 radical (unpaired) electrons. The average molecular weight is 564 g/mol. The Labute approximate surface area is 221 Å².